The number of hydrogen-bond donors (Lipinski definition) is 2. The maximum absolute atomic E-state index is 12.3. The third-order valence-electron chi connectivity index (χ3n) is 4.25. The fourth-order valence-electron chi connectivity index (χ4n) is 2.56. The Labute approximate surface area is 198 Å². The highest BCUT2D eigenvalue weighted by Crippen LogP contribution is 2.33. The largest absolute Gasteiger partial charge is 0.345 e. The zero-order valence-electron chi connectivity index (χ0n) is 16.6. The predicted octanol–water partition coefficient (Wildman–Crippen LogP) is 4.74. The van der Waals surface area contributed by atoms with Crippen molar-refractivity contribution in [2.75, 3.05) is 11.1 Å². The number of hydrogen-bond acceptors (Lipinski definition) is 5. The molecule has 1 aromatic heterocycles. The van der Waals surface area contributed by atoms with E-state index in [0.29, 0.717) is 27.3 Å². The van der Waals surface area contributed by atoms with Crippen molar-refractivity contribution < 1.29 is 9.59 Å². The lowest BCUT2D eigenvalue weighted by atomic mass is 10.1. The molecular formula is C20H18Cl3N5O2S. The number of carbonyl (C=O) groups is 2. The Bertz CT molecular complexity index is 1100. The molecule has 0 aliphatic heterocycles. The lowest BCUT2D eigenvalue weighted by Gasteiger charge is -2.10. The lowest BCUT2D eigenvalue weighted by molar-refractivity contribution is -0.113. The Balaban J connectivity index is 1.55. The summed E-state index contributed by atoms with van der Waals surface area (Å²) in [4.78, 5) is 24.5. The summed E-state index contributed by atoms with van der Waals surface area (Å²) in [5.41, 5.74) is 1.95. The van der Waals surface area contributed by atoms with Crippen LogP contribution >= 0.6 is 46.6 Å². The molecule has 162 valence electrons. The van der Waals surface area contributed by atoms with E-state index in [1.165, 1.54) is 23.9 Å². The molecule has 1 heterocycles. The second kappa shape index (κ2) is 10.4. The van der Waals surface area contributed by atoms with Gasteiger partial charge in [0.2, 0.25) is 5.91 Å². The van der Waals surface area contributed by atoms with Crippen LogP contribution in [0.5, 0.6) is 0 Å². The summed E-state index contributed by atoms with van der Waals surface area (Å²) in [6, 6.07) is 10.3. The summed E-state index contributed by atoms with van der Waals surface area (Å²) in [6.45, 7) is 2.16. The van der Waals surface area contributed by atoms with Gasteiger partial charge in [0, 0.05) is 17.6 Å². The molecule has 2 amide bonds. The predicted molar refractivity (Wildman–Crippen MR) is 124 cm³/mol. The van der Waals surface area contributed by atoms with Crippen LogP contribution < -0.4 is 10.6 Å². The molecule has 0 saturated carbocycles. The molecule has 0 bridgehead atoms. The Kier molecular flexibility index (Phi) is 7.83. The number of benzene rings is 2. The van der Waals surface area contributed by atoms with Gasteiger partial charge in [-0.05, 0) is 31.2 Å². The topological polar surface area (TPSA) is 88.9 Å². The molecule has 0 aliphatic carbocycles. The van der Waals surface area contributed by atoms with Crippen LogP contribution in [0.2, 0.25) is 15.1 Å². The van der Waals surface area contributed by atoms with E-state index in [2.05, 4.69) is 20.8 Å². The molecule has 0 spiro atoms. The van der Waals surface area contributed by atoms with Gasteiger partial charge in [0.05, 0.1) is 28.0 Å². The van der Waals surface area contributed by atoms with Gasteiger partial charge in [0.1, 0.15) is 0 Å². The molecule has 0 aliphatic rings. The summed E-state index contributed by atoms with van der Waals surface area (Å²) in [5, 5.41) is 15.1. The number of anilines is 1. The number of rotatable bonds is 7. The van der Waals surface area contributed by atoms with Crippen LogP contribution in [0.3, 0.4) is 0 Å². The van der Waals surface area contributed by atoms with Gasteiger partial charge >= 0.3 is 0 Å². The van der Waals surface area contributed by atoms with Crippen molar-refractivity contribution in [1.29, 1.82) is 0 Å². The first-order chi connectivity index (χ1) is 14.7. The van der Waals surface area contributed by atoms with Crippen LogP contribution in [0.15, 0.2) is 41.6 Å². The highest BCUT2D eigenvalue weighted by atomic mass is 35.5. The number of aromatic nitrogens is 3. The number of nitrogens with one attached hydrogen (secondary N) is 2. The Hall–Kier alpha value is -2.26. The van der Waals surface area contributed by atoms with E-state index in [0.717, 1.165) is 5.56 Å². The van der Waals surface area contributed by atoms with E-state index in [9.17, 15) is 9.59 Å². The molecule has 7 nitrogen and oxygen atoms in total. The van der Waals surface area contributed by atoms with E-state index in [1.807, 2.05) is 19.1 Å². The number of nitrogens with zero attached hydrogens (tertiary/aromatic N) is 3. The number of halogens is 3. The zero-order chi connectivity index (χ0) is 22.5. The number of aryl methyl sites for hydroxylation is 1. The molecule has 0 fully saturated rings. The first kappa shape index (κ1) is 23.4. The molecule has 11 heteroatoms. The summed E-state index contributed by atoms with van der Waals surface area (Å²) >= 11 is 19.2. The van der Waals surface area contributed by atoms with E-state index in [-0.39, 0.29) is 34.2 Å². The van der Waals surface area contributed by atoms with Gasteiger partial charge in [-0.2, -0.15) is 0 Å². The van der Waals surface area contributed by atoms with Crippen molar-refractivity contribution in [2.24, 2.45) is 7.05 Å². The van der Waals surface area contributed by atoms with Crippen molar-refractivity contribution >= 4 is 64.1 Å². The second-order valence-electron chi connectivity index (χ2n) is 6.59. The molecule has 0 radical (unpaired) electrons. The van der Waals surface area contributed by atoms with E-state index in [1.54, 1.807) is 23.7 Å². The average Bonchev–Trinajstić information content (AvgIpc) is 3.07. The smallest absolute Gasteiger partial charge is 0.251 e. The molecule has 3 rings (SSSR count). The van der Waals surface area contributed by atoms with Crippen molar-refractivity contribution in [2.45, 2.75) is 18.6 Å². The van der Waals surface area contributed by atoms with E-state index >= 15 is 0 Å². The van der Waals surface area contributed by atoms with Gasteiger partial charge in [-0.1, -0.05) is 64.3 Å². The Morgan fingerprint density at radius 1 is 1.06 bits per heavy atom. The first-order valence-corrected chi connectivity index (χ1v) is 11.2. The molecule has 31 heavy (non-hydrogen) atoms. The van der Waals surface area contributed by atoms with Crippen LogP contribution in [-0.2, 0) is 18.4 Å². The third kappa shape index (κ3) is 6.13. The molecule has 0 unspecified atom stereocenters. The van der Waals surface area contributed by atoms with Gasteiger partial charge in [-0.25, -0.2) is 0 Å². The van der Waals surface area contributed by atoms with Crippen LogP contribution in [0.25, 0.3) is 0 Å². The molecule has 0 atom stereocenters. The second-order valence-corrected chi connectivity index (χ2v) is 8.78. The van der Waals surface area contributed by atoms with Gasteiger partial charge < -0.3 is 15.2 Å². The standard InChI is InChI=1S/C20H18Cl3N5O2S/c1-11-3-5-12(6-4-11)19(30)24-9-16-26-27-20(28(16)2)31-10-17(29)25-18-14(22)7-13(21)8-15(18)23/h3-8H,9-10H2,1-2H3,(H,24,30)(H,25,29). The summed E-state index contributed by atoms with van der Waals surface area (Å²) in [6.07, 6.45) is 0. The van der Waals surface area contributed by atoms with Gasteiger partial charge in [0.15, 0.2) is 11.0 Å². The van der Waals surface area contributed by atoms with Crippen LogP contribution in [-0.4, -0.2) is 32.3 Å². The SMILES string of the molecule is Cc1ccc(C(=O)NCc2nnc(SCC(=O)Nc3c(Cl)cc(Cl)cc3Cl)n2C)cc1. The Morgan fingerprint density at radius 3 is 2.35 bits per heavy atom. The highest BCUT2D eigenvalue weighted by molar-refractivity contribution is 7.99. The van der Waals surface area contributed by atoms with Crippen LogP contribution in [0.4, 0.5) is 5.69 Å². The molecule has 3 aromatic rings. The minimum Gasteiger partial charge on any atom is -0.345 e. The molecular weight excluding hydrogens is 481 g/mol. The fourth-order valence-corrected chi connectivity index (χ4v) is 4.20. The highest BCUT2D eigenvalue weighted by Gasteiger charge is 2.15. The molecule has 2 aromatic carbocycles. The van der Waals surface area contributed by atoms with Gasteiger partial charge in [0.25, 0.3) is 5.91 Å². The van der Waals surface area contributed by atoms with Crippen molar-refractivity contribution in [3.8, 4) is 0 Å². The van der Waals surface area contributed by atoms with Gasteiger partial charge in [-0.15, -0.1) is 10.2 Å². The maximum atomic E-state index is 12.3. The fraction of sp³-hybridized carbons (Fsp3) is 0.200. The number of amides is 2. The number of thioether (sulfide) groups is 1. The maximum Gasteiger partial charge on any atom is 0.251 e. The zero-order valence-corrected chi connectivity index (χ0v) is 19.7. The lowest BCUT2D eigenvalue weighted by Crippen LogP contribution is -2.24. The average molecular weight is 499 g/mol. The first-order valence-electron chi connectivity index (χ1n) is 9.05. The molecule has 2 N–H and O–H groups in total. The van der Waals surface area contributed by atoms with Crippen molar-refractivity contribution in [3.63, 3.8) is 0 Å². The third-order valence-corrected chi connectivity index (χ3v) is 6.08. The van der Waals surface area contributed by atoms with Gasteiger partial charge in [-0.3, -0.25) is 9.59 Å². The summed E-state index contributed by atoms with van der Waals surface area (Å²) < 4.78 is 1.72. The van der Waals surface area contributed by atoms with E-state index in [4.69, 9.17) is 34.8 Å². The number of carbonyl (C=O) groups excluding carboxylic acids is 2. The Morgan fingerprint density at radius 2 is 1.71 bits per heavy atom. The summed E-state index contributed by atoms with van der Waals surface area (Å²) in [5.74, 6) is 0.116. The van der Waals surface area contributed by atoms with Crippen molar-refractivity contribution in [3.05, 3.63) is 68.4 Å². The minimum absolute atomic E-state index is 0.0665. The van der Waals surface area contributed by atoms with Crippen LogP contribution in [0, 0.1) is 6.92 Å². The normalized spacial score (nSPS) is 10.7. The monoisotopic (exact) mass is 497 g/mol. The van der Waals surface area contributed by atoms with Crippen LogP contribution in [0.1, 0.15) is 21.7 Å². The minimum atomic E-state index is -0.312. The quantitative estimate of drug-likeness (QED) is 0.459. The van der Waals surface area contributed by atoms with E-state index < -0.39 is 0 Å². The summed E-state index contributed by atoms with van der Waals surface area (Å²) in [7, 11) is 1.76. The van der Waals surface area contributed by atoms with Crippen molar-refractivity contribution in [1.82, 2.24) is 20.1 Å². The molecule has 0 saturated heterocycles.